The number of guanidine groups is 1. The van der Waals surface area contributed by atoms with Crippen LogP contribution in [0.5, 0.6) is 0 Å². The quantitative estimate of drug-likeness (QED) is 0.556. The molecule has 1 aromatic carbocycles. The van der Waals surface area contributed by atoms with Gasteiger partial charge in [-0.3, -0.25) is 14.0 Å². The maximum absolute atomic E-state index is 12.9. The lowest BCUT2D eigenvalue weighted by Crippen LogP contribution is -2.40. The summed E-state index contributed by atoms with van der Waals surface area (Å²) in [4.78, 5) is 6.87. The highest BCUT2D eigenvalue weighted by Crippen LogP contribution is 2.30. The van der Waals surface area contributed by atoms with E-state index in [9.17, 15) is 8.42 Å². The molecule has 0 aliphatic carbocycles. The van der Waals surface area contributed by atoms with Gasteiger partial charge in [-0.25, -0.2) is 8.42 Å². The monoisotopic (exact) mass is 430 g/mol. The normalized spacial score (nSPS) is 19.4. The van der Waals surface area contributed by atoms with Gasteiger partial charge in [0.2, 0.25) is 10.0 Å². The molecule has 0 saturated carbocycles. The Morgan fingerprint density at radius 2 is 2.13 bits per heavy atom. The summed E-state index contributed by atoms with van der Waals surface area (Å²) in [6, 6.07) is 7.73. The molecule has 1 saturated heterocycles. The Labute approximate surface area is 178 Å². The molecule has 2 aliphatic heterocycles. The summed E-state index contributed by atoms with van der Waals surface area (Å²) in [5.41, 5.74) is 3.15. The number of aliphatic imine (C=N–C) groups is 1. The van der Waals surface area contributed by atoms with E-state index in [1.165, 1.54) is 5.56 Å². The summed E-state index contributed by atoms with van der Waals surface area (Å²) in [5, 5.41) is 7.60. The first-order valence-corrected chi connectivity index (χ1v) is 12.2. The van der Waals surface area contributed by atoms with Gasteiger partial charge in [0, 0.05) is 45.3 Å². The number of hydrogen-bond donors (Lipinski definition) is 1. The van der Waals surface area contributed by atoms with Gasteiger partial charge >= 0.3 is 0 Å². The molecule has 1 N–H and O–H groups in total. The fourth-order valence-corrected chi connectivity index (χ4v) is 5.67. The zero-order chi connectivity index (χ0) is 21.1. The van der Waals surface area contributed by atoms with Crippen molar-refractivity contribution < 1.29 is 8.42 Å². The Bertz CT molecular complexity index is 1020. The van der Waals surface area contributed by atoms with Gasteiger partial charge in [-0.15, -0.1) is 0 Å². The van der Waals surface area contributed by atoms with Crippen LogP contribution in [-0.2, 0) is 23.5 Å². The van der Waals surface area contributed by atoms with Gasteiger partial charge in [-0.1, -0.05) is 18.2 Å². The second kappa shape index (κ2) is 8.67. The second-order valence-electron chi connectivity index (χ2n) is 7.88. The SMILES string of the molecule is CCNC(=NCCS(=O)(=O)N1CCc2ccccc21)N1CCC(c2cnn(C)c2)C1. The highest BCUT2D eigenvalue weighted by molar-refractivity contribution is 7.92. The molecule has 3 heterocycles. The molecule has 1 aromatic heterocycles. The minimum atomic E-state index is -3.39. The van der Waals surface area contributed by atoms with Crippen LogP contribution in [0.1, 0.15) is 30.4 Å². The van der Waals surface area contributed by atoms with Gasteiger partial charge in [0.25, 0.3) is 0 Å². The van der Waals surface area contributed by atoms with E-state index < -0.39 is 10.0 Å². The van der Waals surface area contributed by atoms with Gasteiger partial charge in [0.1, 0.15) is 0 Å². The van der Waals surface area contributed by atoms with Crippen molar-refractivity contribution in [2.45, 2.75) is 25.7 Å². The highest BCUT2D eigenvalue weighted by Gasteiger charge is 2.29. The van der Waals surface area contributed by atoms with Crippen molar-refractivity contribution in [2.75, 3.05) is 42.8 Å². The molecule has 0 amide bonds. The van der Waals surface area contributed by atoms with Gasteiger partial charge < -0.3 is 10.2 Å². The third-order valence-corrected chi connectivity index (χ3v) is 7.56. The zero-order valence-electron chi connectivity index (χ0n) is 17.7. The molecule has 162 valence electrons. The van der Waals surface area contributed by atoms with Crippen molar-refractivity contribution in [1.82, 2.24) is 20.0 Å². The van der Waals surface area contributed by atoms with Crippen LogP contribution in [0.4, 0.5) is 5.69 Å². The molecule has 2 aliphatic rings. The van der Waals surface area contributed by atoms with E-state index in [1.54, 1.807) is 4.31 Å². The van der Waals surface area contributed by atoms with Crippen molar-refractivity contribution in [3.8, 4) is 0 Å². The fraction of sp³-hybridized carbons (Fsp3) is 0.524. The van der Waals surface area contributed by atoms with Crippen molar-refractivity contribution >= 4 is 21.7 Å². The van der Waals surface area contributed by atoms with Gasteiger partial charge in [0.05, 0.1) is 24.2 Å². The molecular weight excluding hydrogens is 400 g/mol. The average molecular weight is 431 g/mol. The lowest BCUT2D eigenvalue weighted by Gasteiger charge is -2.22. The Balaban J connectivity index is 1.40. The summed E-state index contributed by atoms with van der Waals surface area (Å²) < 4.78 is 29.2. The molecule has 4 rings (SSSR count). The first-order valence-electron chi connectivity index (χ1n) is 10.6. The van der Waals surface area contributed by atoms with Crippen molar-refractivity contribution in [3.63, 3.8) is 0 Å². The first-order chi connectivity index (χ1) is 14.5. The fourth-order valence-electron chi connectivity index (χ4n) is 4.28. The number of anilines is 1. The standard InChI is InChI=1S/C21H30N6O2S/c1-3-22-21(26-11-8-18(16-26)19-14-24-25(2)15-19)23-10-13-30(28,29)27-12-9-17-6-4-5-7-20(17)27/h4-7,14-15,18H,3,8-13,16H2,1-2H3,(H,22,23). The number of likely N-dealkylation sites (tertiary alicyclic amines) is 1. The van der Waals surface area contributed by atoms with Crippen LogP contribution in [0.2, 0.25) is 0 Å². The number of aryl methyl sites for hydroxylation is 1. The zero-order valence-corrected chi connectivity index (χ0v) is 18.5. The van der Waals surface area contributed by atoms with E-state index in [0.29, 0.717) is 12.5 Å². The summed E-state index contributed by atoms with van der Waals surface area (Å²) in [6.07, 6.45) is 5.81. The minimum Gasteiger partial charge on any atom is -0.357 e. The lowest BCUT2D eigenvalue weighted by molar-refractivity contribution is 0.486. The Morgan fingerprint density at radius 3 is 2.90 bits per heavy atom. The van der Waals surface area contributed by atoms with Crippen LogP contribution in [-0.4, -0.2) is 67.5 Å². The maximum atomic E-state index is 12.9. The summed E-state index contributed by atoms with van der Waals surface area (Å²) in [7, 11) is -1.46. The van der Waals surface area contributed by atoms with E-state index in [0.717, 1.165) is 49.7 Å². The molecule has 2 aromatic rings. The number of rotatable bonds is 6. The van der Waals surface area contributed by atoms with Crippen LogP contribution in [0.3, 0.4) is 0 Å². The third-order valence-electron chi connectivity index (χ3n) is 5.81. The first kappa shape index (κ1) is 20.7. The number of sulfonamides is 1. The molecule has 30 heavy (non-hydrogen) atoms. The molecule has 9 heteroatoms. The molecule has 0 radical (unpaired) electrons. The third kappa shape index (κ3) is 4.30. The second-order valence-corrected chi connectivity index (χ2v) is 9.89. The Kier molecular flexibility index (Phi) is 5.99. The van der Waals surface area contributed by atoms with Gasteiger partial charge in [0.15, 0.2) is 5.96 Å². The van der Waals surface area contributed by atoms with E-state index in [1.807, 2.05) is 49.1 Å². The number of hydrogen-bond acceptors (Lipinski definition) is 4. The Hall–Kier alpha value is -2.55. The highest BCUT2D eigenvalue weighted by atomic mass is 32.2. The van der Waals surface area contributed by atoms with Crippen molar-refractivity contribution in [1.29, 1.82) is 0 Å². The molecular formula is C21H30N6O2S. The van der Waals surface area contributed by atoms with Crippen LogP contribution >= 0.6 is 0 Å². The topological polar surface area (TPSA) is 82.8 Å². The molecule has 8 nitrogen and oxygen atoms in total. The maximum Gasteiger partial charge on any atom is 0.237 e. The lowest BCUT2D eigenvalue weighted by atomic mass is 10.0. The summed E-state index contributed by atoms with van der Waals surface area (Å²) in [6.45, 7) is 5.31. The predicted octanol–water partition coefficient (Wildman–Crippen LogP) is 1.57. The van der Waals surface area contributed by atoms with Crippen molar-refractivity contribution in [3.05, 3.63) is 47.8 Å². The van der Waals surface area contributed by atoms with Gasteiger partial charge in [-0.05, 0) is 37.0 Å². The molecule has 1 fully saturated rings. The van der Waals surface area contributed by atoms with Gasteiger partial charge in [-0.2, -0.15) is 5.10 Å². The summed E-state index contributed by atoms with van der Waals surface area (Å²) >= 11 is 0. The number of nitrogens with zero attached hydrogens (tertiary/aromatic N) is 5. The van der Waals surface area contributed by atoms with Crippen molar-refractivity contribution in [2.24, 2.45) is 12.0 Å². The van der Waals surface area contributed by atoms with Crippen LogP contribution in [0.15, 0.2) is 41.7 Å². The summed E-state index contributed by atoms with van der Waals surface area (Å²) in [5.74, 6) is 1.23. The van der Waals surface area contributed by atoms with E-state index in [-0.39, 0.29) is 12.3 Å². The smallest absolute Gasteiger partial charge is 0.237 e. The minimum absolute atomic E-state index is 0.0100. The molecule has 1 atom stereocenters. The van der Waals surface area contributed by atoms with Crippen LogP contribution < -0.4 is 9.62 Å². The van der Waals surface area contributed by atoms with E-state index in [4.69, 9.17) is 0 Å². The number of aromatic nitrogens is 2. The number of nitrogens with one attached hydrogen (secondary N) is 1. The average Bonchev–Trinajstić information content (AvgIpc) is 3.46. The van der Waals surface area contributed by atoms with Crippen LogP contribution in [0, 0.1) is 0 Å². The molecule has 0 bridgehead atoms. The van der Waals surface area contributed by atoms with E-state index in [2.05, 4.69) is 26.5 Å². The largest absolute Gasteiger partial charge is 0.357 e. The number of para-hydroxylation sites is 1. The molecule has 0 spiro atoms. The van der Waals surface area contributed by atoms with E-state index >= 15 is 0 Å². The molecule has 1 unspecified atom stereocenters. The number of benzene rings is 1. The van der Waals surface area contributed by atoms with Crippen LogP contribution in [0.25, 0.3) is 0 Å². The predicted molar refractivity (Wildman–Crippen MR) is 119 cm³/mol. The Morgan fingerprint density at radius 1 is 1.30 bits per heavy atom. The number of fused-ring (bicyclic) bond motifs is 1.